The van der Waals surface area contributed by atoms with E-state index in [9.17, 15) is 5.11 Å². The lowest BCUT2D eigenvalue weighted by Crippen LogP contribution is -2.01. The maximum atomic E-state index is 10.5. The van der Waals surface area contributed by atoms with Crippen LogP contribution in [0.1, 0.15) is 40.2 Å². The second-order valence-electron chi connectivity index (χ2n) is 4.49. The molecule has 1 heterocycles. The molecule has 2 aromatic rings. The molecule has 90 valence electrons. The van der Waals surface area contributed by atoms with Crippen molar-refractivity contribution in [3.8, 4) is 0 Å². The molecule has 0 saturated carbocycles. The number of aliphatic hydroxyl groups is 1. The van der Waals surface area contributed by atoms with E-state index in [0.717, 1.165) is 16.9 Å². The second-order valence-corrected chi connectivity index (χ2v) is 5.43. The fourth-order valence-corrected chi connectivity index (χ4v) is 3.21. The summed E-state index contributed by atoms with van der Waals surface area (Å²) in [4.78, 5) is 1.08. The number of thiophene rings is 1. The van der Waals surface area contributed by atoms with Gasteiger partial charge in [0.15, 0.2) is 0 Å². The number of rotatable bonds is 3. The van der Waals surface area contributed by atoms with Gasteiger partial charge >= 0.3 is 0 Å². The summed E-state index contributed by atoms with van der Waals surface area (Å²) in [5.74, 6) is 0. The van der Waals surface area contributed by atoms with Crippen molar-refractivity contribution in [2.75, 3.05) is 0 Å². The number of hydrogen-bond acceptors (Lipinski definition) is 2. The lowest BCUT2D eigenvalue weighted by Gasteiger charge is -2.13. The highest BCUT2D eigenvalue weighted by Crippen LogP contribution is 2.30. The van der Waals surface area contributed by atoms with Gasteiger partial charge in [-0.15, -0.1) is 11.3 Å². The first-order chi connectivity index (χ1) is 8.11. The fraction of sp³-hybridized carbons (Fsp3) is 0.333. The quantitative estimate of drug-likeness (QED) is 0.867. The van der Waals surface area contributed by atoms with Crippen LogP contribution in [0.4, 0.5) is 0 Å². The number of aliphatic hydroxyl groups excluding tert-OH is 1. The van der Waals surface area contributed by atoms with Crippen LogP contribution in [0, 0.1) is 13.8 Å². The Kier molecular flexibility index (Phi) is 3.65. The van der Waals surface area contributed by atoms with Gasteiger partial charge in [0.25, 0.3) is 0 Å². The summed E-state index contributed by atoms with van der Waals surface area (Å²) in [5.41, 5.74) is 4.66. The van der Waals surface area contributed by atoms with Crippen molar-refractivity contribution < 1.29 is 5.11 Å². The number of aryl methyl sites for hydroxylation is 3. The molecule has 0 aliphatic rings. The van der Waals surface area contributed by atoms with Crippen LogP contribution in [0.2, 0.25) is 0 Å². The molecule has 0 radical (unpaired) electrons. The second kappa shape index (κ2) is 5.03. The van der Waals surface area contributed by atoms with Crippen LogP contribution in [-0.2, 0) is 6.42 Å². The minimum Gasteiger partial charge on any atom is -0.383 e. The van der Waals surface area contributed by atoms with E-state index in [2.05, 4.69) is 50.4 Å². The van der Waals surface area contributed by atoms with Crippen LogP contribution in [0.5, 0.6) is 0 Å². The third-order valence-corrected chi connectivity index (χ3v) is 3.98. The predicted octanol–water partition coefficient (Wildman–Crippen LogP) is 4.01. The highest BCUT2D eigenvalue weighted by molar-refractivity contribution is 7.10. The molecule has 0 saturated heterocycles. The number of hydrogen-bond donors (Lipinski definition) is 1. The summed E-state index contributed by atoms with van der Waals surface area (Å²) in [6, 6.07) is 8.37. The Labute approximate surface area is 107 Å². The van der Waals surface area contributed by atoms with Crippen LogP contribution >= 0.6 is 11.3 Å². The van der Waals surface area contributed by atoms with Crippen molar-refractivity contribution >= 4 is 11.3 Å². The smallest absolute Gasteiger partial charge is 0.113 e. The first-order valence-corrected chi connectivity index (χ1v) is 6.82. The molecule has 0 amide bonds. The van der Waals surface area contributed by atoms with E-state index in [4.69, 9.17) is 0 Å². The summed E-state index contributed by atoms with van der Waals surface area (Å²) in [6.07, 6.45) is 0.490. The Morgan fingerprint density at radius 3 is 2.41 bits per heavy atom. The zero-order valence-electron chi connectivity index (χ0n) is 10.5. The van der Waals surface area contributed by atoms with Crippen molar-refractivity contribution in [1.29, 1.82) is 0 Å². The van der Waals surface area contributed by atoms with Crippen molar-refractivity contribution in [2.24, 2.45) is 0 Å². The van der Waals surface area contributed by atoms with E-state index < -0.39 is 6.10 Å². The zero-order chi connectivity index (χ0) is 12.4. The van der Waals surface area contributed by atoms with E-state index in [1.165, 1.54) is 16.7 Å². The third kappa shape index (κ3) is 2.59. The van der Waals surface area contributed by atoms with Crippen LogP contribution in [0.25, 0.3) is 0 Å². The van der Waals surface area contributed by atoms with Gasteiger partial charge in [0.1, 0.15) is 6.10 Å². The maximum Gasteiger partial charge on any atom is 0.113 e. The van der Waals surface area contributed by atoms with E-state index in [1.54, 1.807) is 11.3 Å². The standard InChI is InChI=1S/C15H18OS/c1-4-12-5-6-17-15(12)14(16)13-8-10(2)7-11(3)9-13/h5-9,14,16H,4H2,1-3H3. The Morgan fingerprint density at radius 2 is 1.82 bits per heavy atom. The summed E-state index contributed by atoms with van der Waals surface area (Å²) < 4.78 is 0. The summed E-state index contributed by atoms with van der Waals surface area (Å²) in [6.45, 7) is 6.26. The first-order valence-electron chi connectivity index (χ1n) is 5.94. The fourth-order valence-electron chi connectivity index (χ4n) is 2.20. The third-order valence-electron chi connectivity index (χ3n) is 2.97. The molecule has 1 aromatic carbocycles. The van der Waals surface area contributed by atoms with Crippen LogP contribution < -0.4 is 0 Å². The minimum absolute atomic E-state index is 0.483. The highest BCUT2D eigenvalue weighted by Gasteiger charge is 2.15. The van der Waals surface area contributed by atoms with Gasteiger partial charge in [0.2, 0.25) is 0 Å². The molecule has 1 N–H and O–H groups in total. The Bertz CT molecular complexity index is 493. The van der Waals surface area contributed by atoms with Crippen molar-refractivity contribution in [3.63, 3.8) is 0 Å². The van der Waals surface area contributed by atoms with Gasteiger partial charge in [-0.05, 0) is 42.8 Å². The molecular formula is C15H18OS. The van der Waals surface area contributed by atoms with Gasteiger partial charge in [-0.2, -0.15) is 0 Å². The molecular weight excluding hydrogens is 228 g/mol. The minimum atomic E-state index is -0.483. The first kappa shape index (κ1) is 12.3. The van der Waals surface area contributed by atoms with Crippen LogP contribution in [-0.4, -0.2) is 5.11 Å². The molecule has 0 aliphatic heterocycles. The van der Waals surface area contributed by atoms with Gasteiger partial charge in [0.05, 0.1) is 0 Å². The van der Waals surface area contributed by atoms with E-state index in [0.29, 0.717) is 0 Å². The lowest BCUT2D eigenvalue weighted by molar-refractivity contribution is 0.223. The maximum absolute atomic E-state index is 10.5. The molecule has 0 bridgehead atoms. The largest absolute Gasteiger partial charge is 0.383 e. The summed E-state index contributed by atoms with van der Waals surface area (Å²) >= 11 is 1.64. The number of benzene rings is 1. The average Bonchev–Trinajstić information content (AvgIpc) is 2.74. The lowest BCUT2D eigenvalue weighted by atomic mass is 10.00. The van der Waals surface area contributed by atoms with Gasteiger partial charge in [0, 0.05) is 4.88 Å². The summed E-state index contributed by atoms with van der Waals surface area (Å²) in [7, 11) is 0. The zero-order valence-corrected chi connectivity index (χ0v) is 11.3. The van der Waals surface area contributed by atoms with Gasteiger partial charge in [-0.1, -0.05) is 36.2 Å². The Morgan fingerprint density at radius 1 is 1.18 bits per heavy atom. The summed E-state index contributed by atoms with van der Waals surface area (Å²) in [5, 5.41) is 12.5. The van der Waals surface area contributed by atoms with E-state index >= 15 is 0 Å². The van der Waals surface area contributed by atoms with Crippen molar-refractivity contribution in [3.05, 3.63) is 56.8 Å². The molecule has 1 aromatic heterocycles. The predicted molar refractivity (Wildman–Crippen MR) is 73.7 cm³/mol. The Balaban J connectivity index is 2.39. The van der Waals surface area contributed by atoms with Crippen LogP contribution in [0.15, 0.2) is 29.6 Å². The van der Waals surface area contributed by atoms with Gasteiger partial charge < -0.3 is 5.11 Å². The molecule has 2 heteroatoms. The molecule has 17 heavy (non-hydrogen) atoms. The monoisotopic (exact) mass is 246 g/mol. The van der Waals surface area contributed by atoms with Gasteiger partial charge in [-0.3, -0.25) is 0 Å². The highest BCUT2D eigenvalue weighted by atomic mass is 32.1. The topological polar surface area (TPSA) is 20.2 Å². The van der Waals surface area contributed by atoms with E-state index in [-0.39, 0.29) is 0 Å². The van der Waals surface area contributed by atoms with Crippen LogP contribution in [0.3, 0.4) is 0 Å². The molecule has 0 spiro atoms. The molecule has 1 atom stereocenters. The van der Waals surface area contributed by atoms with Crippen molar-refractivity contribution in [2.45, 2.75) is 33.3 Å². The van der Waals surface area contributed by atoms with Crippen molar-refractivity contribution in [1.82, 2.24) is 0 Å². The van der Waals surface area contributed by atoms with Gasteiger partial charge in [-0.25, -0.2) is 0 Å². The SMILES string of the molecule is CCc1ccsc1C(O)c1cc(C)cc(C)c1. The molecule has 0 fully saturated rings. The molecule has 1 unspecified atom stereocenters. The normalized spacial score (nSPS) is 12.7. The molecule has 0 aliphatic carbocycles. The van der Waals surface area contributed by atoms with E-state index in [1.807, 2.05) is 0 Å². The molecule has 1 nitrogen and oxygen atoms in total. The Hall–Kier alpha value is -1.12. The molecule has 2 rings (SSSR count). The average molecular weight is 246 g/mol.